The number of rotatable bonds is 8. The van der Waals surface area contributed by atoms with E-state index in [0.717, 1.165) is 0 Å². The molecule has 0 fully saturated rings. The predicted octanol–water partition coefficient (Wildman–Crippen LogP) is 0.804. The Kier molecular flexibility index (Phi) is 7.09. The van der Waals surface area contributed by atoms with Gasteiger partial charge in [-0.2, -0.15) is 0 Å². The molecule has 1 unspecified atom stereocenters. The van der Waals surface area contributed by atoms with Gasteiger partial charge in [0.1, 0.15) is 6.61 Å². The van der Waals surface area contributed by atoms with E-state index in [2.05, 4.69) is 13.2 Å². The molecule has 0 bridgehead atoms. The number of aliphatic hydroxyl groups excluding tert-OH is 1. The normalized spacial score (nSPS) is 11.7. The summed E-state index contributed by atoms with van der Waals surface area (Å²) < 4.78 is 14.7. The molecule has 5 heteroatoms. The molecule has 0 aromatic rings. The van der Waals surface area contributed by atoms with E-state index in [9.17, 15) is 4.79 Å². The summed E-state index contributed by atoms with van der Waals surface area (Å²) in [7, 11) is 0. The lowest BCUT2D eigenvalue weighted by Gasteiger charge is -2.23. The van der Waals surface area contributed by atoms with Crippen LogP contribution >= 0.6 is 0 Å². The number of hydrogen-bond acceptors (Lipinski definition) is 5. The van der Waals surface area contributed by atoms with E-state index in [4.69, 9.17) is 19.3 Å². The van der Waals surface area contributed by atoms with Gasteiger partial charge in [-0.05, 0) is 0 Å². The molecule has 0 rings (SSSR count). The molecule has 0 radical (unpaired) electrons. The highest BCUT2D eigenvalue weighted by molar-refractivity contribution is 5.65. The van der Waals surface area contributed by atoms with Gasteiger partial charge in [0.05, 0.1) is 25.0 Å². The zero-order valence-corrected chi connectivity index (χ0v) is 8.72. The van der Waals surface area contributed by atoms with Gasteiger partial charge in [0.15, 0.2) is 0 Å². The quantitative estimate of drug-likeness (QED) is 0.369. The topological polar surface area (TPSA) is 65.0 Å². The minimum absolute atomic E-state index is 0.0121. The molecule has 0 aromatic carbocycles. The van der Waals surface area contributed by atoms with Crippen LogP contribution in [0.25, 0.3) is 0 Å². The third-order valence-corrected chi connectivity index (χ3v) is 1.58. The molecule has 0 saturated carbocycles. The summed E-state index contributed by atoms with van der Waals surface area (Å²) in [5.74, 6) is -0.908. The van der Waals surface area contributed by atoms with Crippen LogP contribution in [-0.2, 0) is 19.0 Å². The molecule has 0 spiro atoms. The Labute approximate surface area is 88.9 Å². The highest BCUT2D eigenvalue weighted by Crippen LogP contribution is 2.11. The van der Waals surface area contributed by atoms with Gasteiger partial charge in [0.25, 0.3) is 0 Å². The van der Waals surface area contributed by atoms with Crippen LogP contribution < -0.4 is 0 Å². The number of carbonyl (C=O) groups excluding carboxylic acids is 1. The number of aliphatic hydroxyl groups is 1. The predicted molar refractivity (Wildman–Crippen MR) is 53.6 cm³/mol. The lowest BCUT2D eigenvalue weighted by atomic mass is 10.1. The van der Waals surface area contributed by atoms with Gasteiger partial charge >= 0.3 is 5.97 Å². The SMILES string of the molecule is C=COC(OC=C)C(CO)COC(C)=O. The Morgan fingerprint density at radius 2 is 1.93 bits per heavy atom. The summed E-state index contributed by atoms with van der Waals surface area (Å²) in [4.78, 5) is 10.6. The average molecular weight is 216 g/mol. The maximum absolute atomic E-state index is 10.6. The minimum Gasteiger partial charge on any atom is -0.465 e. The van der Waals surface area contributed by atoms with Crippen molar-refractivity contribution in [2.24, 2.45) is 5.92 Å². The standard InChI is InChI=1S/C10H16O5/c1-4-13-10(14-5-2)9(6-11)7-15-8(3)12/h4-5,9-11H,1-2,6-7H2,3H3. The van der Waals surface area contributed by atoms with Crippen molar-refractivity contribution >= 4 is 5.97 Å². The molecule has 0 aliphatic heterocycles. The van der Waals surface area contributed by atoms with E-state index in [0.29, 0.717) is 0 Å². The Balaban J connectivity index is 4.22. The number of ether oxygens (including phenoxy) is 3. The van der Waals surface area contributed by atoms with Crippen LogP contribution in [0.15, 0.2) is 25.7 Å². The highest BCUT2D eigenvalue weighted by Gasteiger charge is 2.23. The van der Waals surface area contributed by atoms with Crippen LogP contribution in [0.3, 0.4) is 0 Å². The van der Waals surface area contributed by atoms with Gasteiger partial charge in [-0.3, -0.25) is 4.79 Å². The monoisotopic (exact) mass is 216 g/mol. The van der Waals surface area contributed by atoms with Gasteiger partial charge in [0.2, 0.25) is 6.29 Å². The summed E-state index contributed by atoms with van der Waals surface area (Å²) in [5.41, 5.74) is 0. The highest BCUT2D eigenvalue weighted by atomic mass is 16.7. The molecule has 0 amide bonds. The maximum atomic E-state index is 10.6. The van der Waals surface area contributed by atoms with Crippen LogP contribution in [0.4, 0.5) is 0 Å². The van der Waals surface area contributed by atoms with Crippen LogP contribution in [0.5, 0.6) is 0 Å². The van der Waals surface area contributed by atoms with Crippen molar-refractivity contribution in [3.63, 3.8) is 0 Å². The molecule has 15 heavy (non-hydrogen) atoms. The van der Waals surface area contributed by atoms with Crippen molar-refractivity contribution in [1.82, 2.24) is 0 Å². The van der Waals surface area contributed by atoms with Gasteiger partial charge in [-0.15, -0.1) is 0 Å². The second-order valence-corrected chi connectivity index (χ2v) is 2.72. The van der Waals surface area contributed by atoms with E-state index < -0.39 is 18.2 Å². The molecule has 1 N–H and O–H groups in total. The fraction of sp³-hybridized carbons (Fsp3) is 0.500. The first-order chi connectivity index (χ1) is 7.15. The largest absolute Gasteiger partial charge is 0.465 e. The fourth-order valence-electron chi connectivity index (χ4n) is 0.886. The molecule has 5 nitrogen and oxygen atoms in total. The Morgan fingerprint density at radius 1 is 1.40 bits per heavy atom. The first kappa shape index (κ1) is 13.5. The van der Waals surface area contributed by atoms with Crippen LogP contribution in [-0.4, -0.2) is 30.6 Å². The fourth-order valence-corrected chi connectivity index (χ4v) is 0.886. The zero-order valence-electron chi connectivity index (χ0n) is 8.72. The first-order valence-corrected chi connectivity index (χ1v) is 4.42. The van der Waals surface area contributed by atoms with Gasteiger partial charge in [0, 0.05) is 6.92 Å². The second-order valence-electron chi connectivity index (χ2n) is 2.72. The van der Waals surface area contributed by atoms with Gasteiger partial charge < -0.3 is 19.3 Å². The van der Waals surface area contributed by atoms with E-state index in [1.54, 1.807) is 0 Å². The molecule has 1 atom stereocenters. The summed E-state index contributed by atoms with van der Waals surface area (Å²) in [6, 6.07) is 0. The Hall–Kier alpha value is -1.49. The van der Waals surface area contributed by atoms with E-state index in [1.165, 1.54) is 19.4 Å². The average Bonchev–Trinajstić information content (AvgIpc) is 2.19. The van der Waals surface area contributed by atoms with E-state index >= 15 is 0 Å². The van der Waals surface area contributed by atoms with Crippen molar-refractivity contribution in [3.8, 4) is 0 Å². The van der Waals surface area contributed by atoms with Gasteiger partial charge in [-0.25, -0.2) is 0 Å². The zero-order chi connectivity index (χ0) is 11.7. The maximum Gasteiger partial charge on any atom is 0.302 e. The Morgan fingerprint density at radius 3 is 2.27 bits per heavy atom. The summed E-state index contributed by atoms with van der Waals surface area (Å²) >= 11 is 0. The lowest BCUT2D eigenvalue weighted by Crippen LogP contribution is -2.31. The molecule has 0 aliphatic carbocycles. The van der Waals surface area contributed by atoms with Crippen molar-refractivity contribution < 1.29 is 24.1 Å². The van der Waals surface area contributed by atoms with Crippen molar-refractivity contribution in [2.45, 2.75) is 13.2 Å². The smallest absolute Gasteiger partial charge is 0.302 e. The van der Waals surface area contributed by atoms with Crippen molar-refractivity contribution in [2.75, 3.05) is 13.2 Å². The number of carbonyl (C=O) groups is 1. The summed E-state index contributed by atoms with van der Waals surface area (Å²) in [5, 5.41) is 9.04. The van der Waals surface area contributed by atoms with Crippen LogP contribution in [0.1, 0.15) is 6.92 Å². The van der Waals surface area contributed by atoms with Crippen LogP contribution in [0, 0.1) is 5.92 Å². The third-order valence-electron chi connectivity index (χ3n) is 1.58. The second kappa shape index (κ2) is 7.87. The molecular formula is C10H16O5. The Bertz CT molecular complexity index is 204. The van der Waals surface area contributed by atoms with Crippen LogP contribution in [0.2, 0.25) is 0 Å². The van der Waals surface area contributed by atoms with E-state index in [1.807, 2.05) is 0 Å². The first-order valence-electron chi connectivity index (χ1n) is 4.42. The minimum atomic E-state index is -0.760. The number of hydrogen-bond donors (Lipinski definition) is 1. The molecule has 0 heterocycles. The van der Waals surface area contributed by atoms with E-state index in [-0.39, 0.29) is 13.2 Å². The molecule has 0 aromatic heterocycles. The molecular weight excluding hydrogens is 200 g/mol. The van der Waals surface area contributed by atoms with Gasteiger partial charge in [-0.1, -0.05) is 13.2 Å². The number of esters is 1. The third kappa shape index (κ3) is 5.74. The lowest BCUT2D eigenvalue weighted by molar-refractivity contribution is -0.154. The summed E-state index contributed by atoms with van der Waals surface area (Å²) in [6.07, 6.45) is 1.61. The molecule has 0 saturated heterocycles. The molecule has 86 valence electrons. The molecule has 0 aliphatic rings. The summed E-state index contributed by atoms with van der Waals surface area (Å²) in [6.45, 7) is 7.80. The van der Waals surface area contributed by atoms with Crippen molar-refractivity contribution in [1.29, 1.82) is 0 Å². The van der Waals surface area contributed by atoms with Crippen molar-refractivity contribution in [3.05, 3.63) is 25.7 Å².